The summed E-state index contributed by atoms with van der Waals surface area (Å²) in [6.07, 6.45) is 0.737. The number of nitro benzene ring substituents is 1. The van der Waals surface area contributed by atoms with Gasteiger partial charge in [-0.3, -0.25) is 10.1 Å². The molecule has 8 heteroatoms. The lowest BCUT2D eigenvalue weighted by molar-refractivity contribution is -0.385. The predicted molar refractivity (Wildman–Crippen MR) is 69.4 cm³/mol. The molecule has 1 rings (SSSR count). The third kappa shape index (κ3) is 4.49. The smallest absolute Gasteiger partial charge is 0.271 e. The maximum absolute atomic E-state index is 11.4. The van der Waals surface area contributed by atoms with Crippen molar-refractivity contribution >= 4 is 15.7 Å². The van der Waals surface area contributed by atoms with E-state index in [0.717, 1.165) is 12.5 Å². The van der Waals surface area contributed by atoms with Crippen molar-refractivity contribution in [2.75, 3.05) is 6.61 Å². The lowest BCUT2D eigenvalue weighted by Crippen LogP contribution is -2.15. The van der Waals surface area contributed by atoms with Crippen molar-refractivity contribution in [1.82, 2.24) is 0 Å². The number of rotatable bonds is 6. The lowest BCUT2D eigenvalue weighted by Gasteiger charge is -2.11. The highest BCUT2D eigenvalue weighted by molar-refractivity contribution is 7.89. The topological polar surface area (TPSA) is 113 Å². The molecule has 106 valence electrons. The summed E-state index contributed by atoms with van der Waals surface area (Å²) in [5.74, 6) is 0.435. The Morgan fingerprint density at radius 1 is 1.42 bits per heavy atom. The van der Waals surface area contributed by atoms with Crippen LogP contribution in [0.1, 0.15) is 20.3 Å². The SMILES string of the molecule is CC(C)CCOc1ccc([N+](=O)[O-])cc1S(N)(=O)=O. The zero-order valence-corrected chi connectivity index (χ0v) is 11.5. The van der Waals surface area contributed by atoms with Gasteiger partial charge < -0.3 is 4.74 Å². The highest BCUT2D eigenvalue weighted by Gasteiger charge is 2.20. The number of non-ortho nitro benzene ring substituents is 1. The van der Waals surface area contributed by atoms with E-state index in [1.165, 1.54) is 12.1 Å². The molecule has 0 aliphatic rings. The Labute approximate surface area is 111 Å². The molecule has 19 heavy (non-hydrogen) atoms. The van der Waals surface area contributed by atoms with E-state index in [1.54, 1.807) is 0 Å². The van der Waals surface area contributed by atoms with Crippen molar-refractivity contribution in [2.45, 2.75) is 25.2 Å². The van der Waals surface area contributed by atoms with Crippen LogP contribution in [0.2, 0.25) is 0 Å². The summed E-state index contributed by atoms with van der Waals surface area (Å²) in [6.45, 7) is 4.32. The average molecular weight is 288 g/mol. The van der Waals surface area contributed by atoms with Crippen LogP contribution in [-0.4, -0.2) is 19.9 Å². The van der Waals surface area contributed by atoms with Gasteiger partial charge in [-0.05, 0) is 18.4 Å². The van der Waals surface area contributed by atoms with E-state index in [1.807, 2.05) is 13.8 Å². The minimum atomic E-state index is -4.07. The van der Waals surface area contributed by atoms with Crippen molar-refractivity contribution < 1.29 is 18.1 Å². The molecule has 0 aromatic heterocycles. The van der Waals surface area contributed by atoms with Crippen molar-refractivity contribution in [3.05, 3.63) is 28.3 Å². The first-order chi connectivity index (χ1) is 8.71. The molecule has 0 spiro atoms. The fourth-order valence-electron chi connectivity index (χ4n) is 1.36. The third-order valence-electron chi connectivity index (χ3n) is 2.40. The zero-order chi connectivity index (χ0) is 14.6. The molecule has 0 amide bonds. The monoisotopic (exact) mass is 288 g/mol. The Balaban J connectivity index is 3.07. The first-order valence-electron chi connectivity index (χ1n) is 5.66. The van der Waals surface area contributed by atoms with Crippen molar-refractivity contribution in [1.29, 1.82) is 0 Å². The second kappa shape index (κ2) is 5.98. The molecule has 0 radical (unpaired) electrons. The van der Waals surface area contributed by atoms with E-state index in [4.69, 9.17) is 9.88 Å². The van der Waals surface area contributed by atoms with E-state index in [0.29, 0.717) is 12.5 Å². The Morgan fingerprint density at radius 2 is 2.05 bits per heavy atom. The molecule has 0 atom stereocenters. The number of ether oxygens (including phenoxy) is 1. The van der Waals surface area contributed by atoms with Crippen LogP contribution in [0.5, 0.6) is 5.75 Å². The second-order valence-electron chi connectivity index (χ2n) is 4.46. The number of hydrogen-bond donors (Lipinski definition) is 1. The van der Waals surface area contributed by atoms with Crippen LogP contribution < -0.4 is 9.88 Å². The molecule has 1 aromatic rings. The van der Waals surface area contributed by atoms with Crippen LogP contribution in [0, 0.1) is 16.0 Å². The standard InChI is InChI=1S/C11H16N2O5S/c1-8(2)5-6-18-10-4-3-9(13(14)15)7-11(10)19(12,16)17/h3-4,7-8H,5-6H2,1-2H3,(H2,12,16,17). The molecular weight excluding hydrogens is 272 g/mol. The minimum absolute atomic E-state index is 0.0359. The van der Waals surface area contributed by atoms with Crippen LogP contribution in [0.4, 0.5) is 5.69 Å². The molecule has 0 aliphatic carbocycles. The van der Waals surface area contributed by atoms with Crippen LogP contribution in [0.25, 0.3) is 0 Å². The molecule has 0 unspecified atom stereocenters. The number of hydrogen-bond acceptors (Lipinski definition) is 5. The minimum Gasteiger partial charge on any atom is -0.492 e. The number of nitro groups is 1. The Morgan fingerprint density at radius 3 is 2.53 bits per heavy atom. The fraction of sp³-hybridized carbons (Fsp3) is 0.455. The van der Waals surface area contributed by atoms with Gasteiger partial charge in [0.15, 0.2) is 0 Å². The van der Waals surface area contributed by atoms with E-state index in [-0.39, 0.29) is 16.3 Å². The summed E-state index contributed by atoms with van der Waals surface area (Å²) in [6, 6.07) is 3.33. The largest absolute Gasteiger partial charge is 0.492 e. The maximum atomic E-state index is 11.4. The Hall–Kier alpha value is -1.67. The van der Waals surface area contributed by atoms with E-state index >= 15 is 0 Å². The van der Waals surface area contributed by atoms with Gasteiger partial charge in [0.1, 0.15) is 10.6 Å². The molecule has 0 bridgehead atoms. The number of nitrogens with zero attached hydrogens (tertiary/aromatic N) is 1. The van der Waals surface area contributed by atoms with Gasteiger partial charge in [-0.15, -0.1) is 0 Å². The Bertz CT molecular complexity index is 568. The summed E-state index contributed by atoms with van der Waals surface area (Å²) >= 11 is 0. The van der Waals surface area contributed by atoms with Crippen molar-refractivity contribution in [3.8, 4) is 5.75 Å². The molecule has 0 saturated carbocycles. The van der Waals surface area contributed by atoms with Gasteiger partial charge in [-0.25, -0.2) is 13.6 Å². The summed E-state index contributed by atoms with van der Waals surface area (Å²) in [5.41, 5.74) is -0.347. The normalized spacial score (nSPS) is 11.6. The summed E-state index contributed by atoms with van der Waals surface area (Å²) < 4.78 is 28.1. The van der Waals surface area contributed by atoms with Crippen molar-refractivity contribution in [2.24, 2.45) is 11.1 Å². The summed E-state index contributed by atoms with van der Waals surface area (Å²) in [5, 5.41) is 15.7. The first-order valence-corrected chi connectivity index (χ1v) is 7.20. The molecule has 7 nitrogen and oxygen atoms in total. The molecular formula is C11H16N2O5S. The van der Waals surface area contributed by atoms with Crippen LogP contribution >= 0.6 is 0 Å². The van der Waals surface area contributed by atoms with Crippen molar-refractivity contribution in [3.63, 3.8) is 0 Å². The van der Waals surface area contributed by atoms with E-state index in [9.17, 15) is 18.5 Å². The number of benzene rings is 1. The zero-order valence-electron chi connectivity index (χ0n) is 10.7. The van der Waals surface area contributed by atoms with Crippen LogP contribution in [-0.2, 0) is 10.0 Å². The van der Waals surface area contributed by atoms with Gasteiger partial charge in [0, 0.05) is 12.1 Å². The van der Waals surface area contributed by atoms with Gasteiger partial charge >= 0.3 is 0 Å². The quantitative estimate of drug-likeness (QED) is 0.632. The van der Waals surface area contributed by atoms with E-state index < -0.39 is 14.9 Å². The highest BCUT2D eigenvalue weighted by atomic mass is 32.2. The van der Waals surface area contributed by atoms with Gasteiger partial charge in [0.25, 0.3) is 5.69 Å². The first kappa shape index (κ1) is 15.4. The van der Waals surface area contributed by atoms with Gasteiger partial charge in [-0.1, -0.05) is 13.8 Å². The number of nitrogens with two attached hydrogens (primary N) is 1. The molecule has 2 N–H and O–H groups in total. The van der Waals surface area contributed by atoms with Gasteiger partial charge in [-0.2, -0.15) is 0 Å². The van der Waals surface area contributed by atoms with Crippen LogP contribution in [0.15, 0.2) is 23.1 Å². The summed E-state index contributed by atoms with van der Waals surface area (Å²) in [7, 11) is -4.07. The van der Waals surface area contributed by atoms with Crippen LogP contribution in [0.3, 0.4) is 0 Å². The highest BCUT2D eigenvalue weighted by Crippen LogP contribution is 2.27. The molecule has 0 fully saturated rings. The number of primary sulfonamides is 1. The number of sulfonamides is 1. The maximum Gasteiger partial charge on any atom is 0.271 e. The molecule has 0 heterocycles. The fourth-order valence-corrected chi connectivity index (χ4v) is 2.05. The predicted octanol–water partition coefficient (Wildman–Crippen LogP) is 1.67. The average Bonchev–Trinajstić information content (AvgIpc) is 2.27. The lowest BCUT2D eigenvalue weighted by atomic mass is 10.1. The van der Waals surface area contributed by atoms with Gasteiger partial charge in [0.2, 0.25) is 10.0 Å². The third-order valence-corrected chi connectivity index (χ3v) is 3.33. The molecule has 0 aliphatic heterocycles. The molecule has 1 aromatic carbocycles. The van der Waals surface area contributed by atoms with E-state index in [2.05, 4.69) is 0 Å². The summed E-state index contributed by atoms with van der Waals surface area (Å²) in [4.78, 5) is 9.57. The second-order valence-corrected chi connectivity index (χ2v) is 5.99. The van der Waals surface area contributed by atoms with Gasteiger partial charge in [0.05, 0.1) is 11.5 Å². The molecule has 0 saturated heterocycles. The Kier molecular flexibility index (Phi) is 4.84.